The number of carbonyl (C=O) groups excluding carboxylic acids is 1. The molecule has 2 aliphatic heterocycles. The highest BCUT2D eigenvalue weighted by Gasteiger charge is 2.66. The lowest BCUT2D eigenvalue weighted by molar-refractivity contribution is -0.181. The Morgan fingerprint density at radius 1 is 1.22 bits per heavy atom. The van der Waals surface area contributed by atoms with E-state index >= 15 is 0 Å². The third kappa shape index (κ3) is 1.79. The molecule has 18 heavy (non-hydrogen) atoms. The molecular weight excluding hydrogens is 234 g/mol. The van der Waals surface area contributed by atoms with Gasteiger partial charge >= 0.3 is 6.09 Å². The monoisotopic (exact) mass is 257 g/mol. The molecule has 0 aliphatic carbocycles. The number of rotatable bonds is 0. The zero-order valence-electron chi connectivity index (χ0n) is 11.7. The SMILES string of the molecule is CC1(C)CC2(CC(C)(C)N1)OC(=O)N(N)[C@]2(C)O. The lowest BCUT2D eigenvalue weighted by Crippen LogP contribution is -2.70. The highest BCUT2D eigenvalue weighted by molar-refractivity contribution is 5.71. The molecule has 0 saturated carbocycles. The molecule has 0 radical (unpaired) electrons. The van der Waals surface area contributed by atoms with E-state index in [0.29, 0.717) is 12.8 Å². The summed E-state index contributed by atoms with van der Waals surface area (Å²) in [7, 11) is 0. The van der Waals surface area contributed by atoms with Crippen LogP contribution in [-0.4, -0.2) is 38.6 Å². The van der Waals surface area contributed by atoms with Gasteiger partial charge in [-0.2, -0.15) is 0 Å². The minimum Gasteiger partial charge on any atom is -0.436 e. The van der Waals surface area contributed by atoms with Crippen molar-refractivity contribution in [2.75, 3.05) is 0 Å². The molecule has 1 spiro atoms. The summed E-state index contributed by atoms with van der Waals surface area (Å²) in [5, 5.41) is 14.9. The molecule has 104 valence electrons. The highest BCUT2D eigenvalue weighted by Crippen LogP contribution is 2.48. The fourth-order valence-electron chi connectivity index (χ4n) is 3.61. The molecule has 2 heterocycles. The summed E-state index contributed by atoms with van der Waals surface area (Å²) in [5.74, 6) is 5.63. The van der Waals surface area contributed by atoms with Gasteiger partial charge in [-0.25, -0.2) is 15.6 Å². The summed E-state index contributed by atoms with van der Waals surface area (Å²) in [4.78, 5) is 11.7. The summed E-state index contributed by atoms with van der Waals surface area (Å²) >= 11 is 0. The molecule has 2 rings (SSSR count). The van der Waals surface area contributed by atoms with Crippen LogP contribution < -0.4 is 11.2 Å². The van der Waals surface area contributed by atoms with Crippen LogP contribution in [0.1, 0.15) is 47.5 Å². The number of hydrogen-bond donors (Lipinski definition) is 3. The Kier molecular flexibility index (Phi) is 2.54. The second-order valence-corrected chi connectivity index (χ2v) is 7.00. The van der Waals surface area contributed by atoms with Gasteiger partial charge in [0.05, 0.1) is 0 Å². The number of carbonyl (C=O) groups is 1. The largest absolute Gasteiger partial charge is 0.436 e. The Balaban J connectivity index is 2.45. The van der Waals surface area contributed by atoms with Crippen LogP contribution in [0.4, 0.5) is 4.79 Å². The molecule has 0 aromatic rings. The van der Waals surface area contributed by atoms with Gasteiger partial charge in [0, 0.05) is 23.9 Å². The van der Waals surface area contributed by atoms with Crippen LogP contribution in [0, 0.1) is 0 Å². The number of nitrogens with one attached hydrogen (secondary N) is 1. The molecule has 0 unspecified atom stereocenters. The predicted molar refractivity (Wildman–Crippen MR) is 66.4 cm³/mol. The molecular formula is C12H23N3O3. The second-order valence-electron chi connectivity index (χ2n) is 7.00. The number of nitrogens with two attached hydrogens (primary N) is 1. The van der Waals surface area contributed by atoms with Gasteiger partial charge in [-0.1, -0.05) is 0 Å². The molecule has 1 amide bonds. The standard InChI is InChI=1S/C12H23N3O3/c1-9(2)6-12(7-10(3,4)14-9)11(5,17)15(13)8(16)18-12/h14,17H,6-7,13H2,1-5H3/t11-/m1/s1. The Bertz CT molecular complexity index is 374. The molecule has 4 N–H and O–H groups in total. The molecule has 0 aromatic carbocycles. The number of hydrazine groups is 1. The zero-order chi connectivity index (χ0) is 14.0. The van der Waals surface area contributed by atoms with Gasteiger partial charge in [-0.3, -0.25) is 0 Å². The van der Waals surface area contributed by atoms with E-state index < -0.39 is 17.4 Å². The van der Waals surface area contributed by atoms with Crippen molar-refractivity contribution in [3.8, 4) is 0 Å². The molecule has 2 aliphatic rings. The van der Waals surface area contributed by atoms with E-state index in [9.17, 15) is 9.90 Å². The van der Waals surface area contributed by atoms with Gasteiger partial charge in [-0.15, -0.1) is 0 Å². The summed E-state index contributed by atoms with van der Waals surface area (Å²) in [5.41, 5.74) is -2.98. The molecule has 0 bridgehead atoms. The smallest absolute Gasteiger partial charge is 0.427 e. The van der Waals surface area contributed by atoms with Crippen molar-refractivity contribution in [2.45, 2.75) is 69.9 Å². The minimum absolute atomic E-state index is 0.253. The molecule has 6 heteroatoms. The van der Waals surface area contributed by atoms with Crippen LogP contribution in [-0.2, 0) is 4.74 Å². The van der Waals surface area contributed by atoms with Crippen LogP contribution in [0.2, 0.25) is 0 Å². The molecule has 2 saturated heterocycles. The molecule has 2 fully saturated rings. The predicted octanol–water partition coefficient (Wildman–Crippen LogP) is 0.700. The van der Waals surface area contributed by atoms with Crippen LogP contribution in [0.15, 0.2) is 0 Å². The van der Waals surface area contributed by atoms with E-state index in [4.69, 9.17) is 10.6 Å². The van der Waals surface area contributed by atoms with E-state index in [-0.39, 0.29) is 11.1 Å². The summed E-state index contributed by atoms with van der Waals surface area (Å²) in [6.45, 7) is 9.64. The fraction of sp³-hybridized carbons (Fsp3) is 0.917. The molecule has 0 aromatic heterocycles. The average Bonchev–Trinajstić information content (AvgIpc) is 2.22. The normalized spacial score (nSPS) is 36.8. The number of piperidine rings is 1. The van der Waals surface area contributed by atoms with Crippen molar-refractivity contribution < 1.29 is 14.6 Å². The van der Waals surface area contributed by atoms with Gasteiger partial charge in [0.2, 0.25) is 0 Å². The van der Waals surface area contributed by atoms with Crippen molar-refractivity contribution in [1.29, 1.82) is 0 Å². The first-order chi connectivity index (χ1) is 7.91. The van der Waals surface area contributed by atoms with Gasteiger partial charge < -0.3 is 15.2 Å². The van der Waals surface area contributed by atoms with Crippen molar-refractivity contribution >= 4 is 6.09 Å². The fourth-order valence-corrected chi connectivity index (χ4v) is 3.61. The maximum absolute atomic E-state index is 11.7. The molecule has 1 atom stereocenters. The van der Waals surface area contributed by atoms with Crippen molar-refractivity contribution in [3.63, 3.8) is 0 Å². The quantitative estimate of drug-likeness (QED) is 0.439. The first kappa shape index (κ1) is 13.6. The van der Waals surface area contributed by atoms with Crippen LogP contribution in [0.5, 0.6) is 0 Å². The second kappa shape index (κ2) is 3.37. The Morgan fingerprint density at radius 2 is 1.67 bits per heavy atom. The third-order valence-corrected chi connectivity index (χ3v) is 3.94. The van der Waals surface area contributed by atoms with E-state index in [1.807, 2.05) is 27.7 Å². The van der Waals surface area contributed by atoms with Gasteiger partial charge in [0.25, 0.3) is 0 Å². The summed E-state index contributed by atoms with van der Waals surface area (Å²) < 4.78 is 5.46. The van der Waals surface area contributed by atoms with Crippen LogP contribution in [0.3, 0.4) is 0 Å². The first-order valence-corrected chi connectivity index (χ1v) is 6.21. The Labute approximate surface area is 107 Å². The summed E-state index contributed by atoms with van der Waals surface area (Å²) in [6, 6.07) is 0. The maximum atomic E-state index is 11.7. The van der Waals surface area contributed by atoms with Gasteiger partial charge in [0.15, 0.2) is 11.3 Å². The highest BCUT2D eigenvalue weighted by atomic mass is 16.6. The Morgan fingerprint density at radius 3 is 2.00 bits per heavy atom. The molecule has 6 nitrogen and oxygen atoms in total. The Hall–Kier alpha value is -0.850. The minimum atomic E-state index is -1.50. The number of nitrogens with zero attached hydrogens (tertiary/aromatic N) is 1. The third-order valence-electron chi connectivity index (χ3n) is 3.94. The van der Waals surface area contributed by atoms with E-state index in [1.54, 1.807) is 0 Å². The summed E-state index contributed by atoms with van der Waals surface area (Å²) in [6.07, 6.45) is 0.347. The van der Waals surface area contributed by atoms with Crippen molar-refractivity contribution in [1.82, 2.24) is 10.3 Å². The maximum Gasteiger partial charge on any atom is 0.427 e. The van der Waals surface area contributed by atoms with Crippen LogP contribution >= 0.6 is 0 Å². The number of aliphatic hydroxyl groups is 1. The van der Waals surface area contributed by atoms with E-state index in [1.165, 1.54) is 6.92 Å². The van der Waals surface area contributed by atoms with Gasteiger partial charge in [0.1, 0.15) is 0 Å². The number of hydrogen-bond acceptors (Lipinski definition) is 5. The van der Waals surface area contributed by atoms with Gasteiger partial charge in [-0.05, 0) is 34.6 Å². The van der Waals surface area contributed by atoms with E-state index in [2.05, 4.69) is 5.32 Å². The number of ether oxygens (including phenoxy) is 1. The topological polar surface area (TPSA) is 87.8 Å². The number of amides is 1. The zero-order valence-corrected chi connectivity index (χ0v) is 11.7. The van der Waals surface area contributed by atoms with Crippen molar-refractivity contribution in [3.05, 3.63) is 0 Å². The lowest BCUT2D eigenvalue weighted by atomic mass is 9.69. The lowest BCUT2D eigenvalue weighted by Gasteiger charge is -2.53. The van der Waals surface area contributed by atoms with Crippen LogP contribution in [0.25, 0.3) is 0 Å². The van der Waals surface area contributed by atoms with Crippen molar-refractivity contribution in [2.24, 2.45) is 5.84 Å². The average molecular weight is 257 g/mol. The van der Waals surface area contributed by atoms with E-state index in [0.717, 1.165) is 5.01 Å². The first-order valence-electron chi connectivity index (χ1n) is 6.21.